The molecule has 0 aliphatic heterocycles. The first-order valence-corrected chi connectivity index (χ1v) is 6.24. The maximum Gasteiger partial charge on any atom is 0.322 e. The van der Waals surface area contributed by atoms with Crippen molar-refractivity contribution in [2.24, 2.45) is 0 Å². The van der Waals surface area contributed by atoms with Crippen LogP contribution < -0.4 is 4.74 Å². The van der Waals surface area contributed by atoms with Crippen molar-refractivity contribution in [3.63, 3.8) is 0 Å². The van der Waals surface area contributed by atoms with Gasteiger partial charge < -0.3 is 4.74 Å². The third-order valence-corrected chi connectivity index (χ3v) is 2.92. The van der Waals surface area contributed by atoms with Gasteiger partial charge in [-0.2, -0.15) is 0 Å². The summed E-state index contributed by atoms with van der Waals surface area (Å²) in [6.07, 6.45) is 0.429. The zero-order valence-corrected chi connectivity index (χ0v) is 11.3. The molecule has 2 heterocycles. The maximum atomic E-state index is 12.8. The smallest absolute Gasteiger partial charge is 0.322 e. The molecule has 0 bridgehead atoms. The van der Waals surface area contributed by atoms with E-state index in [1.807, 2.05) is 0 Å². The van der Waals surface area contributed by atoms with E-state index in [4.69, 9.17) is 4.74 Å². The second-order valence-electron chi connectivity index (χ2n) is 4.46. The highest BCUT2D eigenvalue weighted by Crippen LogP contribution is 2.30. The SMILES string of the molecule is Cc1ccc(Oc2ncc(F)cn2)c2cnc(C(F)F)nc12. The number of alkyl halides is 2. The number of hydrogen-bond acceptors (Lipinski definition) is 5. The molecule has 2 aromatic heterocycles. The zero-order chi connectivity index (χ0) is 15.7. The highest BCUT2D eigenvalue weighted by atomic mass is 19.3. The van der Waals surface area contributed by atoms with Crippen molar-refractivity contribution in [2.45, 2.75) is 13.3 Å². The Bertz CT molecular complexity index is 824. The van der Waals surface area contributed by atoms with Crippen molar-refractivity contribution in [1.82, 2.24) is 19.9 Å². The van der Waals surface area contributed by atoms with Crippen LogP contribution in [0.25, 0.3) is 10.9 Å². The van der Waals surface area contributed by atoms with E-state index in [-0.39, 0.29) is 6.01 Å². The second-order valence-corrected chi connectivity index (χ2v) is 4.46. The van der Waals surface area contributed by atoms with Crippen LogP contribution in [0.1, 0.15) is 17.8 Å². The molecule has 0 saturated carbocycles. The molecule has 0 amide bonds. The predicted octanol–water partition coefficient (Wildman–Crippen LogP) is 3.60. The number of benzene rings is 1. The molecule has 22 heavy (non-hydrogen) atoms. The van der Waals surface area contributed by atoms with Gasteiger partial charge in [-0.3, -0.25) is 0 Å². The molecule has 3 aromatic rings. The van der Waals surface area contributed by atoms with Crippen molar-refractivity contribution in [3.8, 4) is 11.8 Å². The molecule has 0 unspecified atom stereocenters. The van der Waals surface area contributed by atoms with Crippen molar-refractivity contribution in [3.05, 3.63) is 47.9 Å². The molecule has 0 aliphatic carbocycles. The number of hydrogen-bond donors (Lipinski definition) is 0. The molecule has 0 atom stereocenters. The Kier molecular flexibility index (Phi) is 3.58. The minimum atomic E-state index is -2.76. The Labute approximate surface area is 122 Å². The second kappa shape index (κ2) is 5.55. The van der Waals surface area contributed by atoms with Crippen LogP contribution in [0.5, 0.6) is 11.8 Å². The van der Waals surface area contributed by atoms with Crippen LogP contribution in [0.4, 0.5) is 13.2 Å². The topological polar surface area (TPSA) is 60.8 Å². The van der Waals surface area contributed by atoms with Gasteiger partial charge in [-0.05, 0) is 18.6 Å². The number of nitrogens with zero attached hydrogens (tertiary/aromatic N) is 4. The van der Waals surface area contributed by atoms with E-state index in [1.165, 1.54) is 6.20 Å². The van der Waals surface area contributed by atoms with Gasteiger partial charge in [-0.15, -0.1) is 0 Å². The summed E-state index contributed by atoms with van der Waals surface area (Å²) in [7, 11) is 0. The Balaban J connectivity index is 2.06. The van der Waals surface area contributed by atoms with Gasteiger partial charge in [0.15, 0.2) is 11.6 Å². The highest BCUT2D eigenvalue weighted by Gasteiger charge is 2.15. The molecule has 0 fully saturated rings. The number of fused-ring (bicyclic) bond motifs is 1. The normalized spacial score (nSPS) is 11.1. The molecule has 0 N–H and O–H groups in total. The Morgan fingerprint density at radius 1 is 1.05 bits per heavy atom. The Hall–Kier alpha value is -2.77. The number of ether oxygens (including phenoxy) is 1. The standard InChI is InChI=1S/C14H9F3N4O/c1-7-2-3-10(22-14-19-4-8(15)5-20-14)9-6-18-13(12(16)17)21-11(7)9/h2-6,12H,1H3. The van der Waals surface area contributed by atoms with E-state index >= 15 is 0 Å². The average molecular weight is 306 g/mol. The predicted molar refractivity (Wildman–Crippen MR) is 71.3 cm³/mol. The third kappa shape index (κ3) is 2.67. The van der Waals surface area contributed by atoms with E-state index in [2.05, 4.69) is 19.9 Å². The highest BCUT2D eigenvalue weighted by molar-refractivity contribution is 5.87. The van der Waals surface area contributed by atoms with E-state index in [0.29, 0.717) is 22.2 Å². The lowest BCUT2D eigenvalue weighted by molar-refractivity contribution is 0.140. The fourth-order valence-corrected chi connectivity index (χ4v) is 1.89. The van der Waals surface area contributed by atoms with Crippen LogP contribution in [0.15, 0.2) is 30.7 Å². The molecule has 1 aromatic carbocycles. The van der Waals surface area contributed by atoms with E-state index in [9.17, 15) is 13.2 Å². The van der Waals surface area contributed by atoms with Crippen LogP contribution in [0.3, 0.4) is 0 Å². The molecule has 8 heteroatoms. The molecule has 0 spiro atoms. The van der Waals surface area contributed by atoms with Crippen LogP contribution in [-0.2, 0) is 0 Å². The minimum Gasteiger partial charge on any atom is -0.424 e. The van der Waals surface area contributed by atoms with Gasteiger partial charge in [0.25, 0.3) is 6.43 Å². The summed E-state index contributed by atoms with van der Waals surface area (Å²) < 4.78 is 43.6. The summed E-state index contributed by atoms with van der Waals surface area (Å²) in [6, 6.07) is 3.23. The maximum absolute atomic E-state index is 12.8. The van der Waals surface area contributed by atoms with E-state index in [0.717, 1.165) is 12.4 Å². The number of rotatable bonds is 3. The van der Waals surface area contributed by atoms with Crippen LogP contribution in [0.2, 0.25) is 0 Å². The average Bonchev–Trinajstić information content (AvgIpc) is 2.52. The quantitative estimate of drug-likeness (QED) is 0.740. The van der Waals surface area contributed by atoms with Crippen molar-refractivity contribution < 1.29 is 17.9 Å². The van der Waals surface area contributed by atoms with Gasteiger partial charge >= 0.3 is 6.01 Å². The first-order chi connectivity index (χ1) is 10.5. The van der Waals surface area contributed by atoms with Crippen molar-refractivity contribution >= 4 is 10.9 Å². The lowest BCUT2D eigenvalue weighted by Crippen LogP contribution is -1.99. The number of aryl methyl sites for hydroxylation is 1. The summed E-state index contributed by atoms with van der Waals surface area (Å²) in [5, 5.41) is 0.442. The van der Waals surface area contributed by atoms with Crippen LogP contribution in [-0.4, -0.2) is 19.9 Å². The van der Waals surface area contributed by atoms with Gasteiger partial charge in [0.05, 0.1) is 23.3 Å². The van der Waals surface area contributed by atoms with Gasteiger partial charge in [0.1, 0.15) is 5.75 Å². The fourth-order valence-electron chi connectivity index (χ4n) is 1.89. The van der Waals surface area contributed by atoms with Crippen molar-refractivity contribution in [1.29, 1.82) is 0 Å². The van der Waals surface area contributed by atoms with E-state index in [1.54, 1.807) is 19.1 Å². The van der Waals surface area contributed by atoms with Crippen LogP contribution in [0, 0.1) is 12.7 Å². The molecular formula is C14H9F3N4O. The van der Waals surface area contributed by atoms with Gasteiger partial charge in [0, 0.05) is 6.20 Å². The summed E-state index contributed by atoms with van der Waals surface area (Å²) in [5.41, 5.74) is 1.05. The lowest BCUT2D eigenvalue weighted by Gasteiger charge is -2.09. The van der Waals surface area contributed by atoms with E-state index < -0.39 is 18.1 Å². The number of aromatic nitrogens is 4. The molecule has 0 saturated heterocycles. The monoisotopic (exact) mass is 306 g/mol. The third-order valence-electron chi connectivity index (χ3n) is 2.92. The summed E-state index contributed by atoms with van der Waals surface area (Å²) in [6.45, 7) is 1.74. The molecule has 3 rings (SSSR count). The number of halogens is 3. The summed E-state index contributed by atoms with van der Waals surface area (Å²) in [5.74, 6) is -0.843. The van der Waals surface area contributed by atoms with Gasteiger partial charge in [-0.25, -0.2) is 33.1 Å². The zero-order valence-electron chi connectivity index (χ0n) is 11.3. The fraction of sp³-hybridized carbons (Fsp3) is 0.143. The van der Waals surface area contributed by atoms with Crippen molar-refractivity contribution in [2.75, 3.05) is 0 Å². The first-order valence-electron chi connectivity index (χ1n) is 6.24. The van der Waals surface area contributed by atoms with Crippen LogP contribution >= 0.6 is 0 Å². The molecule has 5 nitrogen and oxygen atoms in total. The van der Waals surface area contributed by atoms with Gasteiger partial charge in [0.2, 0.25) is 0 Å². The molecule has 0 radical (unpaired) electrons. The molecule has 0 aliphatic rings. The largest absolute Gasteiger partial charge is 0.424 e. The lowest BCUT2D eigenvalue weighted by atomic mass is 10.1. The molecule has 112 valence electrons. The summed E-state index contributed by atoms with van der Waals surface area (Å²) >= 11 is 0. The Morgan fingerprint density at radius 3 is 2.45 bits per heavy atom. The summed E-state index contributed by atoms with van der Waals surface area (Å²) in [4.78, 5) is 14.8. The minimum absolute atomic E-state index is 0.0653. The van der Waals surface area contributed by atoms with Gasteiger partial charge in [-0.1, -0.05) is 6.07 Å². The first kappa shape index (κ1) is 14.2. The Morgan fingerprint density at radius 2 is 1.77 bits per heavy atom. The molecular weight excluding hydrogens is 297 g/mol.